The molecule has 60 valence electrons. The highest BCUT2D eigenvalue weighted by molar-refractivity contribution is 6.06. The lowest BCUT2D eigenvalue weighted by Crippen LogP contribution is -2.22. The average molecular weight is 163 g/mol. The van der Waals surface area contributed by atoms with Gasteiger partial charge in [0.1, 0.15) is 5.82 Å². The number of fused-ring (bicyclic) bond motifs is 1. The van der Waals surface area contributed by atoms with Crippen molar-refractivity contribution in [2.75, 3.05) is 0 Å². The van der Waals surface area contributed by atoms with E-state index in [0.717, 1.165) is 0 Å². The van der Waals surface area contributed by atoms with Crippen molar-refractivity contribution in [1.82, 2.24) is 0 Å². The SMILES string of the molecule is Cc1cc2c(cc1F)=NC(=O)C=2. The highest BCUT2D eigenvalue weighted by atomic mass is 19.1. The van der Waals surface area contributed by atoms with Gasteiger partial charge in [0.25, 0.3) is 5.91 Å². The molecule has 3 heteroatoms. The molecule has 0 radical (unpaired) electrons. The predicted molar refractivity (Wildman–Crippen MR) is 41.4 cm³/mol. The summed E-state index contributed by atoms with van der Waals surface area (Å²) < 4.78 is 12.9. The zero-order chi connectivity index (χ0) is 8.72. The third-order valence-corrected chi connectivity index (χ3v) is 1.82. The Labute approximate surface area is 68.1 Å². The van der Waals surface area contributed by atoms with Crippen molar-refractivity contribution < 1.29 is 9.18 Å². The molecule has 0 saturated heterocycles. The van der Waals surface area contributed by atoms with E-state index in [1.807, 2.05) is 0 Å². The van der Waals surface area contributed by atoms with E-state index in [1.165, 1.54) is 12.1 Å². The van der Waals surface area contributed by atoms with Gasteiger partial charge in [0.15, 0.2) is 0 Å². The van der Waals surface area contributed by atoms with Gasteiger partial charge in [-0.2, -0.15) is 0 Å². The van der Waals surface area contributed by atoms with Crippen LogP contribution in [-0.4, -0.2) is 5.91 Å². The summed E-state index contributed by atoms with van der Waals surface area (Å²) in [7, 11) is 0. The highest BCUT2D eigenvalue weighted by Crippen LogP contribution is 1.98. The summed E-state index contributed by atoms with van der Waals surface area (Å²) >= 11 is 0. The molecule has 1 aliphatic rings. The first kappa shape index (κ1) is 7.16. The Morgan fingerprint density at radius 3 is 2.92 bits per heavy atom. The molecule has 0 fully saturated rings. The van der Waals surface area contributed by atoms with Gasteiger partial charge >= 0.3 is 0 Å². The first-order valence-corrected chi connectivity index (χ1v) is 3.57. The lowest BCUT2D eigenvalue weighted by molar-refractivity contribution is -0.112. The second-order valence-corrected chi connectivity index (χ2v) is 2.75. The first-order valence-electron chi connectivity index (χ1n) is 3.57. The maximum absolute atomic E-state index is 12.9. The molecule has 2 nitrogen and oxygen atoms in total. The number of rotatable bonds is 0. The van der Waals surface area contributed by atoms with Gasteiger partial charge in [0, 0.05) is 17.4 Å². The molecule has 1 aromatic rings. The van der Waals surface area contributed by atoms with Crippen molar-refractivity contribution in [1.29, 1.82) is 0 Å². The van der Waals surface area contributed by atoms with Crippen LogP contribution in [0.3, 0.4) is 0 Å². The second kappa shape index (κ2) is 2.24. The molecule has 0 atom stereocenters. The number of amides is 1. The average Bonchev–Trinajstić information content (AvgIpc) is 2.30. The lowest BCUT2D eigenvalue weighted by atomic mass is 10.2. The molecule has 0 spiro atoms. The lowest BCUT2D eigenvalue weighted by Gasteiger charge is -1.91. The van der Waals surface area contributed by atoms with Crippen molar-refractivity contribution in [3.8, 4) is 0 Å². The summed E-state index contributed by atoms with van der Waals surface area (Å²) in [6, 6.07) is 2.91. The Morgan fingerprint density at radius 2 is 2.17 bits per heavy atom. The van der Waals surface area contributed by atoms with Crippen LogP contribution in [0.2, 0.25) is 0 Å². The fourth-order valence-electron chi connectivity index (χ4n) is 1.19. The molecule has 2 rings (SSSR count). The largest absolute Gasteiger partial charge is 0.270 e. The van der Waals surface area contributed by atoms with Crippen LogP contribution in [0.15, 0.2) is 17.1 Å². The van der Waals surface area contributed by atoms with Crippen molar-refractivity contribution in [3.63, 3.8) is 0 Å². The van der Waals surface area contributed by atoms with E-state index in [0.29, 0.717) is 16.1 Å². The van der Waals surface area contributed by atoms with Crippen molar-refractivity contribution in [2.45, 2.75) is 6.92 Å². The van der Waals surface area contributed by atoms with Gasteiger partial charge < -0.3 is 0 Å². The highest BCUT2D eigenvalue weighted by Gasteiger charge is 2.05. The number of halogens is 1. The normalized spacial score (nSPS) is 13.7. The molecule has 1 aromatic carbocycles. The number of hydrogen-bond donors (Lipinski definition) is 0. The number of nitrogens with zero attached hydrogens (tertiary/aromatic N) is 1. The summed E-state index contributed by atoms with van der Waals surface area (Å²) in [5.41, 5.74) is 0.537. The van der Waals surface area contributed by atoms with Crippen molar-refractivity contribution in [3.05, 3.63) is 34.1 Å². The standard InChI is InChI=1S/C9H6FNO/c1-5-2-6-3-9(12)11-8(6)4-7(5)10/h2-4H,1H3. The van der Waals surface area contributed by atoms with Crippen molar-refractivity contribution >= 4 is 12.0 Å². The van der Waals surface area contributed by atoms with Crippen LogP contribution in [-0.2, 0) is 4.79 Å². The molecule has 1 amide bonds. The molecule has 12 heavy (non-hydrogen) atoms. The molecule has 1 heterocycles. The Hall–Kier alpha value is -1.51. The van der Waals surface area contributed by atoms with Crippen LogP contribution < -0.4 is 10.6 Å². The van der Waals surface area contributed by atoms with E-state index in [2.05, 4.69) is 4.99 Å². The summed E-state index contributed by atoms with van der Waals surface area (Å²) in [5, 5.41) is 1.14. The Kier molecular flexibility index (Phi) is 1.33. The monoisotopic (exact) mass is 163 g/mol. The number of carbonyl (C=O) groups excluding carboxylic acids is 1. The third-order valence-electron chi connectivity index (χ3n) is 1.82. The summed E-state index contributed by atoms with van der Waals surface area (Å²) in [6.45, 7) is 1.66. The van der Waals surface area contributed by atoms with Gasteiger partial charge in [-0.05, 0) is 18.6 Å². The van der Waals surface area contributed by atoms with E-state index in [4.69, 9.17) is 0 Å². The van der Waals surface area contributed by atoms with Crippen LogP contribution in [0.1, 0.15) is 5.56 Å². The molecule has 0 unspecified atom stereocenters. The van der Waals surface area contributed by atoms with Gasteiger partial charge in [-0.25, -0.2) is 9.38 Å². The smallest absolute Gasteiger partial charge is 0.267 e. The summed E-state index contributed by atoms with van der Waals surface area (Å²) in [5.74, 6) is -0.629. The number of hydrogen-bond acceptors (Lipinski definition) is 1. The Bertz CT molecular complexity index is 433. The topological polar surface area (TPSA) is 29.4 Å². The molecule has 0 bridgehead atoms. The molecule has 0 saturated carbocycles. The van der Waals surface area contributed by atoms with Crippen molar-refractivity contribution in [2.24, 2.45) is 4.99 Å². The number of carbonyl (C=O) groups is 1. The van der Waals surface area contributed by atoms with Crippen LogP contribution in [0.4, 0.5) is 4.39 Å². The molecule has 1 aliphatic heterocycles. The van der Waals surface area contributed by atoms with Gasteiger partial charge in [0.2, 0.25) is 0 Å². The molecule has 0 N–H and O–H groups in total. The van der Waals surface area contributed by atoms with E-state index in [1.54, 1.807) is 13.0 Å². The summed E-state index contributed by atoms with van der Waals surface area (Å²) in [4.78, 5) is 14.4. The maximum atomic E-state index is 12.9. The fourth-order valence-corrected chi connectivity index (χ4v) is 1.19. The van der Waals surface area contributed by atoms with Gasteiger partial charge in [-0.1, -0.05) is 0 Å². The number of benzene rings is 1. The van der Waals surface area contributed by atoms with E-state index < -0.39 is 0 Å². The van der Waals surface area contributed by atoms with Gasteiger partial charge in [-0.3, -0.25) is 4.79 Å². The van der Waals surface area contributed by atoms with E-state index >= 15 is 0 Å². The van der Waals surface area contributed by atoms with Crippen LogP contribution in [0, 0.1) is 12.7 Å². The Balaban J connectivity index is 2.89. The van der Waals surface area contributed by atoms with Gasteiger partial charge in [0.05, 0.1) is 5.36 Å². The number of aryl methyl sites for hydroxylation is 1. The molecular weight excluding hydrogens is 157 g/mol. The minimum absolute atomic E-state index is 0.310. The fraction of sp³-hybridized carbons (Fsp3) is 0.111. The zero-order valence-electron chi connectivity index (χ0n) is 6.47. The maximum Gasteiger partial charge on any atom is 0.270 e. The van der Waals surface area contributed by atoms with Crippen LogP contribution in [0.5, 0.6) is 0 Å². The van der Waals surface area contributed by atoms with E-state index in [9.17, 15) is 9.18 Å². The first-order chi connectivity index (χ1) is 5.66. The summed E-state index contributed by atoms with van der Waals surface area (Å²) in [6.07, 6.45) is 1.40. The van der Waals surface area contributed by atoms with Crippen LogP contribution in [0.25, 0.3) is 6.08 Å². The minimum Gasteiger partial charge on any atom is -0.267 e. The van der Waals surface area contributed by atoms with Crippen LogP contribution >= 0.6 is 0 Å². The molecule has 0 aromatic heterocycles. The predicted octanol–water partition coefficient (Wildman–Crippen LogP) is 0.0744. The third kappa shape index (κ3) is 0.942. The van der Waals surface area contributed by atoms with Gasteiger partial charge in [-0.15, -0.1) is 0 Å². The second-order valence-electron chi connectivity index (χ2n) is 2.75. The van der Waals surface area contributed by atoms with E-state index in [-0.39, 0.29) is 11.7 Å². The molecule has 0 aliphatic carbocycles. The molecular formula is C9H6FNO. The quantitative estimate of drug-likeness (QED) is 0.532. The minimum atomic E-state index is -0.319. The Morgan fingerprint density at radius 1 is 1.42 bits per heavy atom. The zero-order valence-corrected chi connectivity index (χ0v) is 6.47.